The highest BCUT2D eigenvalue weighted by molar-refractivity contribution is 7.02. The summed E-state index contributed by atoms with van der Waals surface area (Å²) in [6.45, 7) is 37.2. The van der Waals surface area contributed by atoms with E-state index in [0.717, 1.165) is 72.8 Å². The zero-order valence-electron chi connectivity index (χ0n) is 22.0. The van der Waals surface area contributed by atoms with Gasteiger partial charge in [-0.1, -0.05) is 101 Å². The average molecular weight is 480 g/mol. The van der Waals surface area contributed by atoms with E-state index in [1.54, 1.807) is 0 Å². The topological polar surface area (TPSA) is 9.86 Å². The van der Waals surface area contributed by atoms with Crippen LogP contribution in [0.5, 0.6) is 0 Å². The van der Waals surface area contributed by atoms with Gasteiger partial charge in [-0.2, -0.15) is 0 Å². The zero-order valence-corrected chi connectivity index (χ0v) is 22.0. The van der Waals surface area contributed by atoms with Gasteiger partial charge in [0.25, 0.3) is 6.71 Å². The molecule has 4 rings (SSSR count). The third kappa shape index (κ3) is 3.35. The largest absolute Gasteiger partial charge is 0.314 e. The maximum atomic E-state index is 4.27. The lowest BCUT2D eigenvalue weighted by molar-refractivity contribution is 1.01. The zero-order chi connectivity index (χ0) is 27.0. The van der Waals surface area contributed by atoms with E-state index in [0.29, 0.717) is 0 Å². The van der Waals surface area contributed by atoms with Gasteiger partial charge in [0.1, 0.15) is 0 Å². The van der Waals surface area contributed by atoms with Crippen molar-refractivity contribution in [1.82, 2.24) is 9.13 Å². The van der Waals surface area contributed by atoms with Crippen LogP contribution in [0, 0.1) is 13.8 Å². The van der Waals surface area contributed by atoms with Crippen LogP contribution in [-0.2, 0) is 0 Å². The molecule has 0 N–H and O–H groups in total. The van der Waals surface area contributed by atoms with E-state index in [1.807, 2.05) is 48.6 Å². The summed E-state index contributed by atoms with van der Waals surface area (Å²) in [5, 5.41) is 0. The van der Waals surface area contributed by atoms with E-state index < -0.39 is 0 Å². The SMILES string of the molecule is C=C/C=C1/B2C(=C(C=C)n3c(C)c(C=C)c(C=C)c31)/C(=C\C=C)n1c(C=C)c(C)c(C=C)c1/C2=C\C=C. The number of fused-ring (bicyclic) bond motifs is 3. The van der Waals surface area contributed by atoms with Crippen molar-refractivity contribution in [2.75, 3.05) is 0 Å². The first-order valence-corrected chi connectivity index (χ1v) is 12.3. The lowest BCUT2D eigenvalue weighted by Gasteiger charge is -2.39. The van der Waals surface area contributed by atoms with E-state index in [-0.39, 0.29) is 6.71 Å². The molecule has 2 aliphatic rings. The van der Waals surface area contributed by atoms with Gasteiger partial charge in [-0.3, -0.25) is 0 Å². The standard InChI is InChI=1S/C34H33BN2/c1-11-19-27-33-24(14-4)22(9)29(17-7)37(33)31(21-13-3)32-30(18-8)36-23(10)25(15-5)26(16-6)34(36)28(20-12-2)35(27)32/h11-21H,1-8H2,9-10H3/b27-19+,28-20+,31-21+. The quantitative estimate of drug-likeness (QED) is 0.334. The summed E-state index contributed by atoms with van der Waals surface area (Å²) in [7, 11) is 0. The van der Waals surface area contributed by atoms with Crippen molar-refractivity contribution in [3.63, 3.8) is 0 Å². The van der Waals surface area contributed by atoms with Gasteiger partial charge in [-0.25, -0.2) is 0 Å². The molecule has 0 saturated carbocycles. The van der Waals surface area contributed by atoms with E-state index in [1.165, 1.54) is 0 Å². The molecular formula is C34H33BN2. The molecule has 0 fully saturated rings. The van der Waals surface area contributed by atoms with Gasteiger partial charge < -0.3 is 9.13 Å². The molecular weight excluding hydrogens is 447 g/mol. The van der Waals surface area contributed by atoms with E-state index >= 15 is 0 Å². The molecule has 182 valence electrons. The normalized spacial score (nSPS) is 17.2. The van der Waals surface area contributed by atoms with Gasteiger partial charge in [-0.05, 0) is 54.1 Å². The van der Waals surface area contributed by atoms with Gasteiger partial charge in [0.15, 0.2) is 0 Å². The highest BCUT2D eigenvalue weighted by Crippen LogP contribution is 2.52. The molecule has 0 atom stereocenters. The van der Waals surface area contributed by atoms with E-state index in [9.17, 15) is 0 Å². The summed E-state index contributed by atoms with van der Waals surface area (Å²) in [6, 6.07) is 0. The number of nitrogens with zero attached hydrogens (tertiary/aromatic N) is 2. The maximum Gasteiger partial charge on any atom is 0.252 e. The molecule has 0 radical (unpaired) electrons. The third-order valence-electron chi connectivity index (χ3n) is 7.36. The van der Waals surface area contributed by atoms with Crippen LogP contribution >= 0.6 is 0 Å². The van der Waals surface area contributed by atoms with E-state index in [4.69, 9.17) is 0 Å². The number of rotatable bonds is 8. The fraction of sp³-hybridized carbons (Fsp3) is 0.0588. The Labute approximate surface area is 221 Å². The predicted octanol–water partition coefficient (Wildman–Crippen LogP) is 8.88. The first-order chi connectivity index (χ1) is 17.9. The number of hydrogen-bond donors (Lipinski definition) is 0. The molecule has 0 spiro atoms. The van der Waals surface area contributed by atoms with Crippen LogP contribution in [0.2, 0.25) is 0 Å². The minimum Gasteiger partial charge on any atom is -0.314 e. The van der Waals surface area contributed by atoms with Crippen molar-refractivity contribution in [3.05, 3.63) is 146 Å². The van der Waals surface area contributed by atoms with Crippen molar-refractivity contribution in [3.8, 4) is 0 Å². The molecule has 0 aromatic carbocycles. The van der Waals surface area contributed by atoms with Crippen LogP contribution in [0.1, 0.15) is 45.0 Å². The molecule has 3 heteroatoms. The van der Waals surface area contributed by atoms with Crippen molar-refractivity contribution >= 4 is 53.4 Å². The molecule has 2 aromatic rings. The summed E-state index contributed by atoms with van der Waals surface area (Å²) >= 11 is 0. The monoisotopic (exact) mass is 480 g/mol. The lowest BCUT2D eigenvalue weighted by atomic mass is 9.31. The Morgan fingerprint density at radius 2 is 1.14 bits per heavy atom. The Kier molecular flexibility index (Phi) is 6.83. The number of aromatic nitrogens is 2. The average Bonchev–Trinajstić information content (AvgIpc) is 3.35. The second kappa shape index (κ2) is 9.87. The molecule has 0 amide bonds. The summed E-state index contributed by atoms with van der Waals surface area (Å²) in [5.74, 6) is 0. The van der Waals surface area contributed by atoms with Crippen LogP contribution in [0.25, 0.3) is 46.6 Å². The summed E-state index contributed by atoms with van der Waals surface area (Å²) in [5.41, 5.74) is 13.9. The smallest absolute Gasteiger partial charge is 0.252 e. The Morgan fingerprint density at radius 3 is 1.59 bits per heavy atom. The minimum absolute atomic E-state index is 0.119. The van der Waals surface area contributed by atoms with Gasteiger partial charge in [0.05, 0.1) is 0 Å². The first-order valence-electron chi connectivity index (χ1n) is 12.3. The van der Waals surface area contributed by atoms with Crippen LogP contribution in [-0.4, -0.2) is 15.8 Å². The Hall–Kier alpha value is -4.50. The molecule has 0 unspecified atom stereocenters. The molecule has 2 aromatic heterocycles. The Balaban J connectivity index is 2.37. The van der Waals surface area contributed by atoms with Crippen LogP contribution in [0.15, 0.2) is 101 Å². The molecule has 2 aliphatic heterocycles. The fourth-order valence-corrected chi connectivity index (χ4v) is 6.04. The van der Waals surface area contributed by atoms with Crippen molar-refractivity contribution in [2.45, 2.75) is 13.8 Å². The van der Waals surface area contributed by atoms with Crippen LogP contribution < -0.4 is 0 Å². The highest BCUT2D eigenvalue weighted by atomic mass is 15.1. The van der Waals surface area contributed by atoms with Gasteiger partial charge in [0.2, 0.25) is 0 Å². The molecule has 0 saturated heterocycles. The first kappa shape index (κ1) is 25.6. The summed E-state index contributed by atoms with van der Waals surface area (Å²) < 4.78 is 4.54. The second-order valence-electron chi connectivity index (χ2n) is 8.96. The summed E-state index contributed by atoms with van der Waals surface area (Å²) in [6.07, 6.45) is 21.4. The van der Waals surface area contributed by atoms with Crippen molar-refractivity contribution < 1.29 is 0 Å². The molecule has 4 heterocycles. The lowest BCUT2D eigenvalue weighted by Crippen LogP contribution is -2.36. The minimum atomic E-state index is -0.119. The van der Waals surface area contributed by atoms with Gasteiger partial charge in [0, 0.05) is 50.9 Å². The fourth-order valence-electron chi connectivity index (χ4n) is 6.04. The Morgan fingerprint density at radius 1 is 0.595 bits per heavy atom. The van der Waals surface area contributed by atoms with Crippen LogP contribution in [0.3, 0.4) is 0 Å². The van der Waals surface area contributed by atoms with Crippen molar-refractivity contribution in [2.24, 2.45) is 0 Å². The third-order valence-corrected chi connectivity index (χ3v) is 7.36. The number of hydrogen-bond acceptors (Lipinski definition) is 0. The highest BCUT2D eigenvalue weighted by Gasteiger charge is 2.45. The van der Waals surface area contributed by atoms with Gasteiger partial charge >= 0.3 is 0 Å². The second-order valence-corrected chi connectivity index (χ2v) is 8.96. The molecule has 2 nitrogen and oxygen atoms in total. The maximum absolute atomic E-state index is 4.27. The predicted molar refractivity (Wildman–Crippen MR) is 169 cm³/mol. The van der Waals surface area contributed by atoms with E-state index in [2.05, 4.69) is 93.8 Å². The molecule has 37 heavy (non-hydrogen) atoms. The van der Waals surface area contributed by atoms with Crippen LogP contribution in [0.4, 0.5) is 0 Å². The van der Waals surface area contributed by atoms with Crippen molar-refractivity contribution in [1.29, 1.82) is 0 Å². The molecule has 0 aliphatic carbocycles. The number of allylic oxidation sites excluding steroid dienone is 10. The molecule has 0 bridgehead atoms. The summed E-state index contributed by atoms with van der Waals surface area (Å²) in [4.78, 5) is 0. The Bertz CT molecular complexity index is 1570. The van der Waals surface area contributed by atoms with Gasteiger partial charge in [-0.15, -0.1) is 0 Å².